The van der Waals surface area contributed by atoms with Gasteiger partial charge < -0.3 is 5.73 Å². The van der Waals surface area contributed by atoms with Crippen molar-refractivity contribution >= 4 is 17.8 Å². The highest BCUT2D eigenvalue weighted by Gasteiger charge is 2.28. The van der Waals surface area contributed by atoms with Crippen LogP contribution in [0.3, 0.4) is 0 Å². The quantitative estimate of drug-likeness (QED) is 0.261. The second-order valence-corrected chi connectivity index (χ2v) is 2.17. The second-order valence-electron chi connectivity index (χ2n) is 1.78. The molecule has 0 saturated carbocycles. The number of halogens is 1. The molecule has 60 valence electrons. The van der Waals surface area contributed by atoms with Gasteiger partial charge in [-0.15, -0.1) is 0 Å². The topological polar surface area (TPSA) is 84.8 Å². The van der Waals surface area contributed by atoms with Crippen LogP contribution in [-0.2, 0) is 0 Å². The Kier molecular flexibility index (Phi) is 1.95. The minimum Gasteiger partial charge on any atom is -0.381 e. The van der Waals surface area contributed by atoms with E-state index in [1.807, 2.05) is 0 Å². The third kappa shape index (κ3) is 1.40. The van der Waals surface area contributed by atoms with Crippen LogP contribution in [0.25, 0.3) is 0 Å². The van der Waals surface area contributed by atoms with Gasteiger partial charge in [-0.1, -0.05) is 11.6 Å². The van der Waals surface area contributed by atoms with Crippen LogP contribution in [0.15, 0.2) is 16.9 Å². The molecule has 2 N–H and O–H groups in total. The first kappa shape index (κ1) is 7.80. The monoisotopic (exact) mass is 176 g/mol. The molecule has 0 radical (unpaired) electrons. The number of nitro groups is 1. The molecule has 0 saturated heterocycles. The van der Waals surface area contributed by atoms with Gasteiger partial charge in [0.25, 0.3) is 5.62 Å². The standard InChI is InChI=1S/C4H5ClN4O2/c5-4-7-2-1-3(6)8(4)9(10)11/h1-2,4H,6H2. The summed E-state index contributed by atoms with van der Waals surface area (Å²) in [6.07, 6.45) is 2.63. The van der Waals surface area contributed by atoms with Gasteiger partial charge in [-0.25, -0.2) is 15.1 Å². The van der Waals surface area contributed by atoms with E-state index in [0.29, 0.717) is 5.01 Å². The molecule has 0 bridgehead atoms. The van der Waals surface area contributed by atoms with Crippen molar-refractivity contribution in [2.75, 3.05) is 0 Å². The zero-order valence-corrected chi connectivity index (χ0v) is 6.10. The van der Waals surface area contributed by atoms with Gasteiger partial charge in [0, 0.05) is 12.3 Å². The Morgan fingerprint density at radius 1 is 1.91 bits per heavy atom. The first-order valence-electron chi connectivity index (χ1n) is 2.69. The lowest BCUT2D eigenvalue weighted by Crippen LogP contribution is -2.39. The van der Waals surface area contributed by atoms with E-state index in [1.54, 1.807) is 0 Å². The van der Waals surface area contributed by atoms with Gasteiger partial charge in [0.15, 0.2) is 10.9 Å². The highest BCUT2D eigenvalue weighted by atomic mass is 35.5. The van der Waals surface area contributed by atoms with Crippen molar-refractivity contribution in [2.45, 2.75) is 5.62 Å². The van der Waals surface area contributed by atoms with Crippen LogP contribution >= 0.6 is 11.6 Å². The van der Waals surface area contributed by atoms with Gasteiger partial charge in [-0.05, 0) is 5.01 Å². The average molecular weight is 177 g/mol. The molecule has 0 aromatic carbocycles. The number of hydrogen-bond acceptors (Lipinski definition) is 4. The van der Waals surface area contributed by atoms with Gasteiger partial charge in [0.1, 0.15) is 0 Å². The summed E-state index contributed by atoms with van der Waals surface area (Å²) in [5, 5.41) is 10.1. The summed E-state index contributed by atoms with van der Waals surface area (Å²) in [5.74, 6) is -0.0231. The molecular weight excluding hydrogens is 172 g/mol. The minimum absolute atomic E-state index is 0.0231. The van der Waals surface area contributed by atoms with Crippen LogP contribution in [0, 0.1) is 10.1 Å². The Labute approximate surface area is 67.1 Å². The van der Waals surface area contributed by atoms with Gasteiger partial charge in [-0.3, -0.25) is 0 Å². The maximum atomic E-state index is 10.2. The lowest BCUT2D eigenvalue weighted by atomic mass is 10.5. The molecule has 0 aromatic heterocycles. The summed E-state index contributed by atoms with van der Waals surface area (Å²) in [6, 6.07) is 0. The van der Waals surface area contributed by atoms with Crippen LogP contribution in [0.1, 0.15) is 0 Å². The fourth-order valence-corrected chi connectivity index (χ4v) is 0.874. The van der Waals surface area contributed by atoms with E-state index in [-0.39, 0.29) is 5.82 Å². The van der Waals surface area contributed by atoms with Crippen LogP contribution in [0.2, 0.25) is 0 Å². The number of hydrazine groups is 1. The number of hydrogen-bond donors (Lipinski definition) is 1. The van der Waals surface area contributed by atoms with E-state index in [9.17, 15) is 10.1 Å². The summed E-state index contributed by atoms with van der Waals surface area (Å²) >= 11 is 5.44. The number of nitrogens with zero attached hydrogens (tertiary/aromatic N) is 3. The molecule has 11 heavy (non-hydrogen) atoms. The average Bonchev–Trinajstić information content (AvgIpc) is 1.85. The molecule has 6 nitrogen and oxygen atoms in total. The maximum absolute atomic E-state index is 10.2. The summed E-state index contributed by atoms with van der Waals surface area (Å²) in [7, 11) is 0. The van der Waals surface area contributed by atoms with Crippen molar-refractivity contribution in [3.8, 4) is 0 Å². The van der Waals surface area contributed by atoms with Crippen molar-refractivity contribution in [3.63, 3.8) is 0 Å². The van der Waals surface area contributed by atoms with E-state index >= 15 is 0 Å². The van der Waals surface area contributed by atoms with E-state index in [4.69, 9.17) is 17.3 Å². The first-order chi connectivity index (χ1) is 5.13. The number of alkyl halides is 1. The molecule has 1 heterocycles. The number of nitrogens with two attached hydrogens (primary N) is 1. The molecule has 0 aromatic rings. The molecule has 0 spiro atoms. The molecule has 1 rings (SSSR count). The van der Waals surface area contributed by atoms with Crippen LogP contribution < -0.4 is 5.73 Å². The predicted octanol–water partition coefficient (Wildman–Crippen LogP) is -0.113. The fraction of sp³-hybridized carbons (Fsp3) is 0.250. The van der Waals surface area contributed by atoms with Crippen molar-refractivity contribution in [1.29, 1.82) is 0 Å². The lowest BCUT2D eigenvalue weighted by Gasteiger charge is -2.17. The highest BCUT2D eigenvalue weighted by molar-refractivity contribution is 6.20. The van der Waals surface area contributed by atoms with Gasteiger partial charge in [0.2, 0.25) is 0 Å². The van der Waals surface area contributed by atoms with Crippen LogP contribution in [0.4, 0.5) is 0 Å². The van der Waals surface area contributed by atoms with Crippen LogP contribution in [0.5, 0.6) is 0 Å². The lowest BCUT2D eigenvalue weighted by molar-refractivity contribution is -0.648. The summed E-state index contributed by atoms with van der Waals surface area (Å²) in [4.78, 5) is 13.8. The molecule has 1 aliphatic heterocycles. The molecule has 1 atom stereocenters. The minimum atomic E-state index is -1.05. The summed E-state index contributed by atoms with van der Waals surface area (Å²) in [5.41, 5.74) is 4.19. The van der Waals surface area contributed by atoms with E-state index in [1.165, 1.54) is 12.3 Å². The Balaban J connectivity index is 2.86. The molecule has 1 aliphatic rings. The number of rotatable bonds is 1. The van der Waals surface area contributed by atoms with Crippen molar-refractivity contribution in [3.05, 3.63) is 22.0 Å². The Morgan fingerprint density at radius 3 is 2.91 bits per heavy atom. The van der Waals surface area contributed by atoms with E-state index in [2.05, 4.69) is 4.99 Å². The Morgan fingerprint density at radius 2 is 2.55 bits per heavy atom. The Bertz CT molecular complexity index is 238. The van der Waals surface area contributed by atoms with Crippen molar-refractivity contribution in [1.82, 2.24) is 5.01 Å². The number of allylic oxidation sites excluding steroid dienone is 1. The van der Waals surface area contributed by atoms with Gasteiger partial charge >= 0.3 is 0 Å². The smallest absolute Gasteiger partial charge is 0.260 e. The molecule has 7 heteroatoms. The third-order valence-electron chi connectivity index (χ3n) is 1.10. The highest BCUT2D eigenvalue weighted by Crippen LogP contribution is 2.13. The largest absolute Gasteiger partial charge is 0.381 e. The van der Waals surface area contributed by atoms with E-state index in [0.717, 1.165) is 0 Å². The maximum Gasteiger partial charge on any atom is 0.260 e. The van der Waals surface area contributed by atoms with Crippen LogP contribution in [-0.4, -0.2) is 21.9 Å². The normalized spacial score (nSPS) is 23.2. The summed E-state index contributed by atoms with van der Waals surface area (Å²) < 4.78 is 0. The molecule has 0 amide bonds. The molecule has 0 fully saturated rings. The molecular formula is C4H5ClN4O2. The molecule has 0 aliphatic carbocycles. The SMILES string of the molecule is NC1=CC=NC(Cl)N1[N+](=O)[O-]. The molecule has 1 unspecified atom stereocenters. The van der Waals surface area contributed by atoms with E-state index < -0.39 is 10.7 Å². The number of aliphatic imine (C=N–C) groups is 1. The van der Waals surface area contributed by atoms with Gasteiger partial charge in [-0.2, -0.15) is 0 Å². The second kappa shape index (κ2) is 2.75. The summed E-state index contributed by atoms with van der Waals surface area (Å²) in [6.45, 7) is 0. The zero-order valence-electron chi connectivity index (χ0n) is 5.35. The van der Waals surface area contributed by atoms with Gasteiger partial charge in [0.05, 0.1) is 0 Å². The predicted molar refractivity (Wildman–Crippen MR) is 39.2 cm³/mol. The fourth-order valence-electron chi connectivity index (χ4n) is 0.625. The van der Waals surface area contributed by atoms with Crippen molar-refractivity contribution < 1.29 is 5.03 Å². The Hall–Kier alpha value is -1.30. The zero-order chi connectivity index (χ0) is 8.43. The first-order valence-corrected chi connectivity index (χ1v) is 3.13. The van der Waals surface area contributed by atoms with Crippen molar-refractivity contribution in [2.24, 2.45) is 10.7 Å². The third-order valence-corrected chi connectivity index (χ3v) is 1.39.